The summed E-state index contributed by atoms with van der Waals surface area (Å²) in [4.78, 5) is 20.6. The lowest BCUT2D eigenvalue weighted by Gasteiger charge is -2.09. The van der Waals surface area contributed by atoms with Gasteiger partial charge in [0, 0.05) is 18.2 Å². The summed E-state index contributed by atoms with van der Waals surface area (Å²) < 4.78 is 14.9. The predicted molar refractivity (Wildman–Crippen MR) is 112 cm³/mol. The van der Waals surface area contributed by atoms with Gasteiger partial charge in [0.25, 0.3) is 0 Å². The van der Waals surface area contributed by atoms with E-state index in [0.29, 0.717) is 18.0 Å². The molecule has 1 fully saturated rings. The maximum Gasteiger partial charge on any atom is 0.227 e. The standard InChI is InChI=1S/C22H19FN6O/c23-16-6-8-18(9-7-16)29-21-19(12-27-29)20(25-13-26-21)24-11-14-2-1-3-17(10-14)28-22(30)15-4-5-15/h1-3,6-10,12-13,15H,4-5,11H2,(H,28,30)(H,24,25,26). The lowest BCUT2D eigenvalue weighted by Crippen LogP contribution is -2.13. The zero-order valence-electron chi connectivity index (χ0n) is 16.0. The molecule has 7 nitrogen and oxygen atoms in total. The van der Waals surface area contributed by atoms with Crippen molar-refractivity contribution in [3.05, 3.63) is 72.4 Å². The first-order valence-corrected chi connectivity index (χ1v) is 9.76. The van der Waals surface area contributed by atoms with Crippen LogP contribution in [0.5, 0.6) is 0 Å². The first-order valence-electron chi connectivity index (χ1n) is 9.76. The molecule has 2 aromatic heterocycles. The van der Waals surface area contributed by atoms with Crippen molar-refractivity contribution >= 4 is 28.4 Å². The zero-order chi connectivity index (χ0) is 20.5. The molecule has 4 aromatic rings. The number of benzene rings is 2. The van der Waals surface area contributed by atoms with Crippen molar-refractivity contribution in [2.45, 2.75) is 19.4 Å². The van der Waals surface area contributed by atoms with Gasteiger partial charge < -0.3 is 10.6 Å². The molecular weight excluding hydrogens is 383 g/mol. The van der Waals surface area contributed by atoms with Crippen molar-refractivity contribution in [3.63, 3.8) is 0 Å². The summed E-state index contributed by atoms with van der Waals surface area (Å²) in [5, 5.41) is 11.4. The predicted octanol–water partition coefficient (Wildman–Crippen LogP) is 3.92. The number of hydrogen-bond donors (Lipinski definition) is 2. The number of carbonyl (C=O) groups excluding carboxylic acids is 1. The molecule has 0 unspecified atom stereocenters. The van der Waals surface area contributed by atoms with Gasteiger partial charge in [-0.3, -0.25) is 4.79 Å². The van der Waals surface area contributed by atoms with E-state index in [2.05, 4.69) is 25.7 Å². The Morgan fingerprint density at radius 1 is 1.13 bits per heavy atom. The summed E-state index contributed by atoms with van der Waals surface area (Å²) >= 11 is 0. The Bertz CT molecular complexity index is 1220. The molecule has 1 saturated carbocycles. The molecule has 1 amide bonds. The van der Waals surface area contributed by atoms with Crippen LogP contribution in [-0.4, -0.2) is 25.7 Å². The van der Waals surface area contributed by atoms with E-state index in [-0.39, 0.29) is 17.6 Å². The first kappa shape index (κ1) is 18.2. The molecule has 150 valence electrons. The molecule has 8 heteroatoms. The van der Waals surface area contributed by atoms with Gasteiger partial charge in [-0.25, -0.2) is 19.0 Å². The van der Waals surface area contributed by atoms with Crippen LogP contribution >= 0.6 is 0 Å². The summed E-state index contributed by atoms with van der Waals surface area (Å²) in [7, 11) is 0. The number of halogens is 1. The molecule has 0 atom stereocenters. The van der Waals surface area contributed by atoms with Gasteiger partial charge >= 0.3 is 0 Å². The number of nitrogens with one attached hydrogen (secondary N) is 2. The van der Waals surface area contributed by atoms with Crippen molar-refractivity contribution in [1.82, 2.24) is 19.7 Å². The molecule has 0 aliphatic heterocycles. The van der Waals surface area contributed by atoms with Gasteiger partial charge in [-0.05, 0) is 54.8 Å². The van der Waals surface area contributed by atoms with Crippen molar-refractivity contribution in [2.75, 3.05) is 10.6 Å². The van der Waals surface area contributed by atoms with E-state index in [1.165, 1.54) is 18.5 Å². The van der Waals surface area contributed by atoms with E-state index in [1.807, 2.05) is 24.3 Å². The van der Waals surface area contributed by atoms with Crippen LogP contribution in [0.25, 0.3) is 16.7 Å². The van der Waals surface area contributed by atoms with Crippen molar-refractivity contribution in [3.8, 4) is 5.69 Å². The maximum absolute atomic E-state index is 13.2. The Morgan fingerprint density at radius 3 is 2.77 bits per heavy atom. The Hall–Kier alpha value is -3.81. The minimum Gasteiger partial charge on any atom is -0.365 e. The SMILES string of the molecule is O=C(Nc1cccc(CNc2ncnc3c2cnn3-c2ccc(F)cc2)c1)C1CC1. The quantitative estimate of drug-likeness (QED) is 0.511. The molecule has 0 radical (unpaired) electrons. The average molecular weight is 402 g/mol. The zero-order valence-corrected chi connectivity index (χ0v) is 16.0. The van der Waals surface area contributed by atoms with Gasteiger partial charge in [0.2, 0.25) is 5.91 Å². The second kappa shape index (κ2) is 7.55. The summed E-state index contributed by atoms with van der Waals surface area (Å²) in [5.74, 6) is 0.605. The third-order valence-electron chi connectivity index (χ3n) is 5.04. The van der Waals surface area contributed by atoms with E-state index >= 15 is 0 Å². The van der Waals surface area contributed by atoms with Gasteiger partial charge in [-0.1, -0.05) is 12.1 Å². The molecule has 2 heterocycles. The molecule has 30 heavy (non-hydrogen) atoms. The van der Waals surface area contributed by atoms with Crippen molar-refractivity contribution < 1.29 is 9.18 Å². The number of amides is 1. The molecule has 2 N–H and O–H groups in total. The molecule has 2 aromatic carbocycles. The monoisotopic (exact) mass is 402 g/mol. The largest absolute Gasteiger partial charge is 0.365 e. The van der Waals surface area contributed by atoms with Crippen LogP contribution in [0.1, 0.15) is 18.4 Å². The summed E-state index contributed by atoms with van der Waals surface area (Å²) in [6, 6.07) is 13.8. The highest BCUT2D eigenvalue weighted by atomic mass is 19.1. The van der Waals surface area contributed by atoms with E-state index in [1.54, 1.807) is 23.0 Å². The fraction of sp³-hybridized carbons (Fsp3) is 0.182. The van der Waals surface area contributed by atoms with E-state index < -0.39 is 0 Å². The third kappa shape index (κ3) is 3.71. The van der Waals surface area contributed by atoms with Gasteiger partial charge in [0.1, 0.15) is 18.0 Å². The minimum atomic E-state index is -0.303. The highest BCUT2D eigenvalue weighted by Gasteiger charge is 2.29. The summed E-state index contributed by atoms with van der Waals surface area (Å²) in [6.45, 7) is 0.529. The van der Waals surface area contributed by atoms with E-state index in [0.717, 1.165) is 35.2 Å². The minimum absolute atomic E-state index is 0.0887. The van der Waals surface area contributed by atoms with Crippen molar-refractivity contribution in [1.29, 1.82) is 0 Å². The molecular formula is C22H19FN6O. The highest BCUT2D eigenvalue weighted by molar-refractivity contribution is 5.94. The van der Waals surface area contributed by atoms with Gasteiger partial charge in [-0.15, -0.1) is 0 Å². The fourth-order valence-electron chi connectivity index (χ4n) is 3.29. The number of rotatable bonds is 6. The molecule has 1 aliphatic carbocycles. The Balaban J connectivity index is 1.35. The lowest BCUT2D eigenvalue weighted by atomic mass is 10.2. The van der Waals surface area contributed by atoms with Crippen LogP contribution in [0.2, 0.25) is 0 Å². The fourth-order valence-corrected chi connectivity index (χ4v) is 3.29. The first-order chi connectivity index (χ1) is 14.7. The Morgan fingerprint density at radius 2 is 1.97 bits per heavy atom. The number of hydrogen-bond acceptors (Lipinski definition) is 5. The smallest absolute Gasteiger partial charge is 0.227 e. The molecule has 1 aliphatic rings. The molecule has 0 spiro atoms. The Kier molecular flexibility index (Phi) is 4.59. The summed E-state index contributed by atoms with van der Waals surface area (Å²) in [5.41, 5.74) is 3.16. The number of carbonyl (C=O) groups is 1. The van der Waals surface area contributed by atoms with Crippen molar-refractivity contribution in [2.24, 2.45) is 5.92 Å². The maximum atomic E-state index is 13.2. The second-order valence-corrected chi connectivity index (χ2v) is 7.31. The topological polar surface area (TPSA) is 84.7 Å². The number of fused-ring (bicyclic) bond motifs is 1. The van der Waals surface area contributed by atoms with Crippen LogP contribution in [0.15, 0.2) is 61.1 Å². The normalized spacial score (nSPS) is 13.4. The van der Waals surface area contributed by atoms with Gasteiger partial charge in [0.05, 0.1) is 17.3 Å². The molecule has 0 bridgehead atoms. The van der Waals surface area contributed by atoms with E-state index in [4.69, 9.17) is 0 Å². The van der Waals surface area contributed by atoms with Crippen LogP contribution in [0, 0.1) is 11.7 Å². The number of aromatic nitrogens is 4. The van der Waals surface area contributed by atoms with Gasteiger partial charge in [-0.2, -0.15) is 5.10 Å². The number of anilines is 2. The second-order valence-electron chi connectivity index (χ2n) is 7.31. The van der Waals surface area contributed by atoms with Crippen LogP contribution < -0.4 is 10.6 Å². The Labute approximate surface area is 172 Å². The van der Waals surface area contributed by atoms with Crippen LogP contribution in [0.3, 0.4) is 0 Å². The highest BCUT2D eigenvalue weighted by Crippen LogP contribution is 2.30. The third-order valence-corrected chi connectivity index (χ3v) is 5.04. The van der Waals surface area contributed by atoms with E-state index in [9.17, 15) is 9.18 Å². The number of nitrogens with zero attached hydrogens (tertiary/aromatic N) is 4. The van der Waals surface area contributed by atoms with Gasteiger partial charge in [0.15, 0.2) is 5.65 Å². The van der Waals surface area contributed by atoms with Crippen LogP contribution in [-0.2, 0) is 11.3 Å². The van der Waals surface area contributed by atoms with Crippen LogP contribution in [0.4, 0.5) is 15.9 Å². The summed E-state index contributed by atoms with van der Waals surface area (Å²) in [6.07, 6.45) is 5.11. The lowest BCUT2D eigenvalue weighted by molar-refractivity contribution is -0.117. The molecule has 0 saturated heterocycles. The average Bonchev–Trinajstić information content (AvgIpc) is 3.53. The molecule has 5 rings (SSSR count).